The number of fused-ring (bicyclic) bond motifs is 1. The first kappa shape index (κ1) is 18.6. The second-order valence-corrected chi connectivity index (χ2v) is 9.71. The van der Waals surface area contributed by atoms with Gasteiger partial charge in [-0.1, -0.05) is 61.6 Å². The van der Waals surface area contributed by atoms with Crippen molar-refractivity contribution in [2.75, 3.05) is 5.32 Å². The molecule has 1 saturated carbocycles. The van der Waals surface area contributed by atoms with E-state index in [-0.39, 0.29) is 11.8 Å². The van der Waals surface area contributed by atoms with Gasteiger partial charge < -0.3 is 10.2 Å². The molecule has 142 valence electrons. The smallest absolute Gasteiger partial charge is 0.255 e. The van der Waals surface area contributed by atoms with E-state index in [0.717, 1.165) is 34.2 Å². The molecule has 0 unspecified atom stereocenters. The fraction of sp³-hybridized carbons (Fsp3) is 0.450. The Morgan fingerprint density at radius 3 is 2.78 bits per heavy atom. The Bertz CT molecular complexity index is 847. The first-order valence-corrected chi connectivity index (χ1v) is 11.0. The number of hydrogen-bond donors (Lipinski definition) is 1. The molecule has 1 atom stereocenters. The molecule has 0 bridgehead atoms. The summed E-state index contributed by atoms with van der Waals surface area (Å²) in [5.74, 6) is 0.319. The van der Waals surface area contributed by atoms with Crippen LogP contribution in [0.4, 0.5) is 5.13 Å². The Morgan fingerprint density at radius 1 is 1.30 bits per heavy atom. The molecule has 0 radical (unpaired) electrons. The highest BCUT2D eigenvalue weighted by atomic mass is 79.9. The largest absolute Gasteiger partial charge is 0.322 e. The first-order valence-electron chi connectivity index (χ1n) is 9.43. The molecule has 27 heavy (non-hydrogen) atoms. The Kier molecular flexibility index (Phi) is 5.59. The maximum absolute atomic E-state index is 13.1. The Balaban J connectivity index is 1.56. The molecule has 1 fully saturated rings. The van der Waals surface area contributed by atoms with Gasteiger partial charge in [-0.2, -0.15) is 0 Å². The minimum absolute atomic E-state index is 0.0399. The number of benzene rings is 1. The van der Waals surface area contributed by atoms with Crippen molar-refractivity contribution in [1.29, 1.82) is 0 Å². The topological polar surface area (TPSA) is 62.3 Å². The number of rotatable bonds is 5. The summed E-state index contributed by atoms with van der Waals surface area (Å²) in [6.45, 7) is 0.501. The molecule has 1 aliphatic heterocycles. The van der Waals surface area contributed by atoms with Crippen LogP contribution in [0.15, 0.2) is 34.2 Å². The number of carbonyl (C=O) groups excluding carboxylic acids is 2. The highest BCUT2D eigenvalue weighted by Gasteiger charge is 2.37. The molecule has 5 nitrogen and oxygen atoms in total. The summed E-state index contributed by atoms with van der Waals surface area (Å²) in [7, 11) is 0. The molecule has 1 aromatic heterocycles. The van der Waals surface area contributed by atoms with Crippen LogP contribution in [-0.4, -0.2) is 27.7 Å². The Hall–Kier alpha value is -1.73. The van der Waals surface area contributed by atoms with Gasteiger partial charge in [-0.25, -0.2) is 4.98 Å². The molecule has 2 aliphatic rings. The van der Waals surface area contributed by atoms with Crippen LogP contribution in [0.3, 0.4) is 0 Å². The lowest BCUT2D eigenvalue weighted by Gasteiger charge is -2.31. The molecule has 1 N–H and O–H groups in total. The van der Waals surface area contributed by atoms with E-state index in [0.29, 0.717) is 17.6 Å². The van der Waals surface area contributed by atoms with Crippen LogP contribution in [-0.2, 0) is 11.3 Å². The van der Waals surface area contributed by atoms with Crippen LogP contribution in [0.5, 0.6) is 0 Å². The molecule has 2 heterocycles. The van der Waals surface area contributed by atoms with Crippen LogP contribution in [0.2, 0.25) is 0 Å². The lowest BCUT2D eigenvalue weighted by Crippen LogP contribution is -2.45. The molecule has 0 spiro atoms. The van der Waals surface area contributed by atoms with Crippen molar-refractivity contribution in [1.82, 2.24) is 9.88 Å². The third-order valence-electron chi connectivity index (χ3n) is 5.52. The lowest BCUT2D eigenvalue weighted by atomic mass is 9.84. The molecule has 4 rings (SSSR count). The lowest BCUT2D eigenvalue weighted by molar-refractivity contribution is -0.121. The van der Waals surface area contributed by atoms with E-state index < -0.39 is 6.04 Å². The number of nitrogens with zero attached hydrogens (tertiary/aromatic N) is 2. The summed E-state index contributed by atoms with van der Waals surface area (Å²) in [4.78, 5) is 32.0. The minimum atomic E-state index is -0.462. The zero-order chi connectivity index (χ0) is 18.8. The van der Waals surface area contributed by atoms with Crippen LogP contribution < -0.4 is 5.32 Å². The predicted octanol–water partition coefficient (Wildman–Crippen LogP) is 4.84. The van der Waals surface area contributed by atoms with E-state index in [1.54, 1.807) is 11.1 Å². The summed E-state index contributed by atoms with van der Waals surface area (Å²) < 4.78 is 0.867. The van der Waals surface area contributed by atoms with Gasteiger partial charge in [-0.05, 0) is 39.9 Å². The maximum atomic E-state index is 13.1. The van der Waals surface area contributed by atoms with Crippen molar-refractivity contribution in [2.45, 2.75) is 51.1 Å². The number of thiazole rings is 1. The molecule has 1 aliphatic carbocycles. The Labute approximate surface area is 171 Å². The number of amides is 2. The van der Waals surface area contributed by atoms with Gasteiger partial charge >= 0.3 is 0 Å². The number of carbonyl (C=O) groups is 2. The van der Waals surface area contributed by atoms with Crippen molar-refractivity contribution in [3.05, 3.63) is 45.4 Å². The number of aromatic nitrogens is 1. The van der Waals surface area contributed by atoms with Crippen LogP contribution in [0.25, 0.3) is 0 Å². The van der Waals surface area contributed by atoms with Gasteiger partial charge in [0, 0.05) is 12.1 Å². The van der Waals surface area contributed by atoms with Crippen LogP contribution in [0.1, 0.15) is 54.4 Å². The second kappa shape index (κ2) is 8.10. The molecular formula is C20H22BrN3O2S. The molecule has 2 aromatic rings. The average Bonchev–Trinajstić information content (AvgIpc) is 3.24. The molecular weight excluding hydrogens is 426 g/mol. The van der Waals surface area contributed by atoms with Gasteiger partial charge in [0.2, 0.25) is 5.91 Å². The van der Waals surface area contributed by atoms with Crippen LogP contribution >= 0.6 is 27.3 Å². The quantitative estimate of drug-likeness (QED) is 0.712. The van der Waals surface area contributed by atoms with Crippen molar-refractivity contribution in [3.63, 3.8) is 0 Å². The third kappa shape index (κ3) is 4.09. The van der Waals surface area contributed by atoms with Crippen molar-refractivity contribution in [2.24, 2.45) is 5.92 Å². The van der Waals surface area contributed by atoms with Gasteiger partial charge in [-0.3, -0.25) is 9.59 Å². The van der Waals surface area contributed by atoms with Gasteiger partial charge in [0.25, 0.3) is 5.91 Å². The van der Waals surface area contributed by atoms with Gasteiger partial charge in [0.05, 0.1) is 9.98 Å². The third-order valence-corrected chi connectivity index (χ3v) is 6.91. The van der Waals surface area contributed by atoms with Crippen molar-refractivity contribution < 1.29 is 9.59 Å². The molecule has 2 amide bonds. The normalized spacial score (nSPS) is 18.4. The Morgan fingerprint density at radius 2 is 2.07 bits per heavy atom. The summed E-state index contributed by atoms with van der Waals surface area (Å²) in [6, 6.07) is 7.18. The van der Waals surface area contributed by atoms with E-state index in [2.05, 4.69) is 26.2 Å². The zero-order valence-electron chi connectivity index (χ0n) is 15.0. The minimum Gasteiger partial charge on any atom is -0.322 e. The standard InChI is InChI=1S/C20H22BrN3O2S/c21-17-11-22-20(27-17)23-18(25)16(10-13-6-2-1-3-7-13)24-12-14-8-4-5-9-15(14)19(24)26/h4-5,8-9,11,13,16H,1-3,6-7,10,12H2,(H,22,23,25)/t16-/m1/s1. The average molecular weight is 448 g/mol. The fourth-order valence-electron chi connectivity index (χ4n) is 4.14. The summed E-state index contributed by atoms with van der Waals surface area (Å²) in [6.07, 6.45) is 8.38. The predicted molar refractivity (Wildman–Crippen MR) is 110 cm³/mol. The highest BCUT2D eigenvalue weighted by molar-refractivity contribution is 9.11. The van der Waals surface area contributed by atoms with Crippen molar-refractivity contribution >= 4 is 44.2 Å². The summed E-state index contributed by atoms with van der Waals surface area (Å²) >= 11 is 4.75. The SMILES string of the molecule is O=C(Nc1ncc(Br)s1)[C@@H](CC1CCCCC1)N1Cc2ccccc2C1=O. The number of nitrogens with one attached hydrogen (secondary N) is 1. The fourth-order valence-corrected chi connectivity index (χ4v) is 5.25. The van der Waals surface area contributed by atoms with Gasteiger partial charge in [-0.15, -0.1) is 0 Å². The van der Waals surface area contributed by atoms with Gasteiger partial charge in [0.1, 0.15) is 6.04 Å². The van der Waals surface area contributed by atoms with E-state index in [4.69, 9.17) is 0 Å². The van der Waals surface area contributed by atoms with E-state index in [1.807, 2.05) is 24.3 Å². The van der Waals surface area contributed by atoms with Crippen LogP contribution in [0, 0.1) is 5.92 Å². The molecule has 7 heteroatoms. The summed E-state index contributed by atoms with van der Waals surface area (Å²) in [5, 5.41) is 3.48. The van der Waals surface area contributed by atoms with Gasteiger partial charge in [0.15, 0.2) is 5.13 Å². The molecule has 1 aromatic carbocycles. The van der Waals surface area contributed by atoms with E-state index in [9.17, 15) is 9.59 Å². The second-order valence-electron chi connectivity index (χ2n) is 7.30. The molecule has 0 saturated heterocycles. The monoisotopic (exact) mass is 447 g/mol. The zero-order valence-corrected chi connectivity index (χ0v) is 17.4. The number of halogens is 1. The number of anilines is 1. The van der Waals surface area contributed by atoms with Crippen molar-refractivity contribution in [3.8, 4) is 0 Å². The van der Waals surface area contributed by atoms with E-state index in [1.165, 1.54) is 30.6 Å². The van der Waals surface area contributed by atoms with E-state index >= 15 is 0 Å². The number of hydrogen-bond acceptors (Lipinski definition) is 4. The summed E-state index contributed by atoms with van der Waals surface area (Å²) in [5.41, 5.74) is 1.72. The maximum Gasteiger partial charge on any atom is 0.255 e. The highest BCUT2D eigenvalue weighted by Crippen LogP contribution is 2.33. The first-order chi connectivity index (χ1) is 13.1.